The molecular formula is C12H13NO2. The van der Waals surface area contributed by atoms with Crippen LogP contribution >= 0.6 is 0 Å². The van der Waals surface area contributed by atoms with Crippen LogP contribution in [0, 0.1) is 6.92 Å². The molecule has 1 aromatic heterocycles. The van der Waals surface area contributed by atoms with Gasteiger partial charge in [-0.15, -0.1) is 0 Å². The molecule has 3 heteroatoms. The molecule has 0 atom stereocenters. The standard InChI is InChI=1S/C12H13NO2/c1-3-9-7(2)13-11-6-8(12(14)15)4-5-10(9)11/h4-6,13H,3H2,1-2H3,(H,14,15). The lowest BCUT2D eigenvalue weighted by Crippen LogP contribution is -1.94. The van der Waals surface area contributed by atoms with Crippen molar-refractivity contribution in [2.45, 2.75) is 20.3 Å². The molecule has 1 aromatic carbocycles. The predicted octanol–water partition coefficient (Wildman–Crippen LogP) is 2.74. The van der Waals surface area contributed by atoms with Crippen molar-refractivity contribution in [2.24, 2.45) is 0 Å². The van der Waals surface area contributed by atoms with E-state index in [1.165, 1.54) is 5.56 Å². The Kier molecular flexibility index (Phi) is 2.23. The van der Waals surface area contributed by atoms with Crippen molar-refractivity contribution >= 4 is 16.9 Å². The number of hydrogen-bond donors (Lipinski definition) is 2. The zero-order valence-electron chi connectivity index (χ0n) is 8.79. The van der Waals surface area contributed by atoms with Crippen molar-refractivity contribution in [3.63, 3.8) is 0 Å². The molecule has 0 radical (unpaired) electrons. The zero-order valence-corrected chi connectivity index (χ0v) is 8.79. The summed E-state index contributed by atoms with van der Waals surface area (Å²) in [6, 6.07) is 5.21. The molecule has 0 aliphatic rings. The second kappa shape index (κ2) is 3.42. The van der Waals surface area contributed by atoms with Crippen molar-refractivity contribution in [2.75, 3.05) is 0 Å². The lowest BCUT2D eigenvalue weighted by atomic mass is 10.1. The van der Waals surface area contributed by atoms with Gasteiger partial charge in [0.1, 0.15) is 0 Å². The highest BCUT2D eigenvalue weighted by atomic mass is 16.4. The Labute approximate surface area is 87.7 Å². The second-order valence-corrected chi connectivity index (χ2v) is 3.65. The number of nitrogens with one attached hydrogen (secondary N) is 1. The van der Waals surface area contributed by atoms with E-state index in [9.17, 15) is 4.79 Å². The third-order valence-corrected chi connectivity index (χ3v) is 2.72. The third kappa shape index (κ3) is 1.50. The fraction of sp³-hybridized carbons (Fsp3) is 0.250. The summed E-state index contributed by atoms with van der Waals surface area (Å²) in [6.07, 6.45) is 0.957. The number of aromatic carboxylic acids is 1. The molecule has 0 amide bonds. The molecular weight excluding hydrogens is 190 g/mol. The number of rotatable bonds is 2. The summed E-state index contributed by atoms with van der Waals surface area (Å²) in [4.78, 5) is 14.0. The molecule has 0 aliphatic heterocycles. The Balaban J connectivity index is 2.69. The van der Waals surface area contributed by atoms with Crippen LogP contribution in [0.25, 0.3) is 10.9 Å². The average molecular weight is 203 g/mol. The van der Waals surface area contributed by atoms with E-state index in [0.29, 0.717) is 5.56 Å². The van der Waals surface area contributed by atoms with E-state index >= 15 is 0 Å². The molecule has 15 heavy (non-hydrogen) atoms. The summed E-state index contributed by atoms with van der Waals surface area (Å²) < 4.78 is 0. The highest BCUT2D eigenvalue weighted by molar-refractivity contribution is 5.94. The highest BCUT2D eigenvalue weighted by Gasteiger charge is 2.09. The molecule has 0 unspecified atom stereocenters. The Bertz CT molecular complexity index is 526. The molecule has 1 heterocycles. The molecule has 0 spiro atoms. The minimum Gasteiger partial charge on any atom is -0.478 e. The minimum absolute atomic E-state index is 0.325. The van der Waals surface area contributed by atoms with Gasteiger partial charge in [0.05, 0.1) is 5.56 Å². The van der Waals surface area contributed by atoms with Crippen molar-refractivity contribution in [3.8, 4) is 0 Å². The van der Waals surface area contributed by atoms with Gasteiger partial charge in [0.15, 0.2) is 0 Å². The molecule has 0 bridgehead atoms. The molecule has 2 aromatic rings. The number of carboxylic acids is 1. The van der Waals surface area contributed by atoms with Gasteiger partial charge in [-0.05, 0) is 31.0 Å². The number of fused-ring (bicyclic) bond motifs is 1. The molecule has 0 saturated heterocycles. The summed E-state index contributed by atoms with van der Waals surface area (Å²) in [6.45, 7) is 4.11. The van der Waals surface area contributed by atoms with Crippen LogP contribution in [0.15, 0.2) is 18.2 Å². The summed E-state index contributed by atoms with van der Waals surface area (Å²) in [5, 5.41) is 9.99. The summed E-state index contributed by atoms with van der Waals surface area (Å²) in [5.41, 5.74) is 3.62. The molecule has 2 N–H and O–H groups in total. The fourth-order valence-electron chi connectivity index (χ4n) is 1.98. The third-order valence-electron chi connectivity index (χ3n) is 2.72. The van der Waals surface area contributed by atoms with Gasteiger partial charge in [-0.1, -0.05) is 13.0 Å². The van der Waals surface area contributed by atoms with Crippen LogP contribution < -0.4 is 0 Å². The van der Waals surface area contributed by atoms with Crippen molar-refractivity contribution in [1.29, 1.82) is 0 Å². The number of hydrogen-bond acceptors (Lipinski definition) is 1. The van der Waals surface area contributed by atoms with Crippen LogP contribution in [0.5, 0.6) is 0 Å². The first-order valence-corrected chi connectivity index (χ1v) is 4.98. The first-order valence-electron chi connectivity index (χ1n) is 4.98. The molecule has 3 nitrogen and oxygen atoms in total. The van der Waals surface area contributed by atoms with Crippen LogP contribution in [0.4, 0.5) is 0 Å². The smallest absolute Gasteiger partial charge is 0.335 e. The minimum atomic E-state index is -0.887. The van der Waals surface area contributed by atoms with Crippen LogP contribution in [0.1, 0.15) is 28.5 Å². The highest BCUT2D eigenvalue weighted by Crippen LogP contribution is 2.23. The van der Waals surface area contributed by atoms with Gasteiger partial charge in [-0.25, -0.2) is 4.79 Å². The summed E-state index contributed by atoms with van der Waals surface area (Å²) in [5.74, 6) is -0.887. The van der Waals surface area contributed by atoms with Gasteiger partial charge in [-0.2, -0.15) is 0 Å². The van der Waals surface area contributed by atoms with Gasteiger partial charge in [-0.3, -0.25) is 0 Å². The number of aromatic amines is 1. The van der Waals surface area contributed by atoms with Crippen molar-refractivity contribution in [3.05, 3.63) is 35.0 Å². The van der Waals surface area contributed by atoms with Gasteiger partial charge >= 0.3 is 5.97 Å². The monoisotopic (exact) mass is 203 g/mol. The maximum Gasteiger partial charge on any atom is 0.335 e. The number of carbonyl (C=O) groups is 1. The largest absolute Gasteiger partial charge is 0.478 e. The van der Waals surface area contributed by atoms with E-state index in [1.54, 1.807) is 12.1 Å². The number of H-pyrrole nitrogens is 1. The fourth-order valence-corrected chi connectivity index (χ4v) is 1.98. The van der Waals surface area contributed by atoms with Gasteiger partial charge < -0.3 is 10.1 Å². The van der Waals surface area contributed by atoms with Crippen LogP contribution in [-0.2, 0) is 6.42 Å². The van der Waals surface area contributed by atoms with Gasteiger partial charge in [0.2, 0.25) is 0 Å². The SMILES string of the molecule is CCc1c(C)[nH]c2cc(C(=O)O)ccc12. The number of benzene rings is 1. The lowest BCUT2D eigenvalue weighted by molar-refractivity contribution is 0.0697. The van der Waals surface area contributed by atoms with Crippen molar-refractivity contribution < 1.29 is 9.90 Å². The molecule has 78 valence electrons. The normalized spacial score (nSPS) is 10.8. The Hall–Kier alpha value is -1.77. The number of carboxylic acid groups (broad SMARTS) is 1. The van der Waals surface area contributed by atoms with Crippen LogP contribution in [0.3, 0.4) is 0 Å². The maximum absolute atomic E-state index is 10.8. The zero-order chi connectivity index (χ0) is 11.0. The topological polar surface area (TPSA) is 53.1 Å². The lowest BCUT2D eigenvalue weighted by Gasteiger charge is -1.96. The summed E-state index contributed by atoms with van der Waals surface area (Å²) in [7, 11) is 0. The van der Waals surface area contributed by atoms with Gasteiger partial charge in [0.25, 0.3) is 0 Å². The first-order chi connectivity index (χ1) is 7.13. The van der Waals surface area contributed by atoms with Gasteiger partial charge in [0, 0.05) is 16.6 Å². The van der Waals surface area contributed by atoms with E-state index in [1.807, 2.05) is 13.0 Å². The average Bonchev–Trinajstić information content (AvgIpc) is 2.51. The molecule has 0 aliphatic carbocycles. The Morgan fingerprint density at radius 3 is 2.80 bits per heavy atom. The van der Waals surface area contributed by atoms with Crippen molar-refractivity contribution in [1.82, 2.24) is 4.98 Å². The Morgan fingerprint density at radius 1 is 1.47 bits per heavy atom. The van der Waals surface area contributed by atoms with E-state index in [-0.39, 0.29) is 0 Å². The van der Waals surface area contributed by atoms with E-state index in [4.69, 9.17) is 5.11 Å². The maximum atomic E-state index is 10.8. The van der Waals surface area contributed by atoms with E-state index in [2.05, 4.69) is 11.9 Å². The number of aryl methyl sites for hydroxylation is 2. The Morgan fingerprint density at radius 2 is 2.20 bits per heavy atom. The van der Waals surface area contributed by atoms with E-state index in [0.717, 1.165) is 23.0 Å². The first kappa shape index (κ1) is 9.77. The molecule has 0 saturated carbocycles. The predicted molar refractivity (Wildman–Crippen MR) is 59.4 cm³/mol. The molecule has 0 fully saturated rings. The number of aromatic nitrogens is 1. The van der Waals surface area contributed by atoms with E-state index < -0.39 is 5.97 Å². The second-order valence-electron chi connectivity index (χ2n) is 3.65. The van der Waals surface area contributed by atoms with Crippen LogP contribution in [0.2, 0.25) is 0 Å². The quantitative estimate of drug-likeness (QED) is 0.788. The molecule has 2 rings (SSSR count). The summed E-state index contributed by atoms with van der Waals surface area (Å²) >= 11 is 0. The van der Waals surface area contributed by atoms with Crippen LogP contribution in [-0.4, -0.2) is 16.1 Å².